The smallest absolute Gasteiger partial charge is 0.230 e. The number of aryl methyl sites for hydroxylation is 2. The molecule has 0 atom stereocenters. The van der Waals surface area contributed by atoms with Gasteiger partial charge in [-0.25, -0.2) is 9.97 Å². The average molecular weight is 363 g/mol. The van der Waals surface area contributed by atoms with Crippen LogP contribution in [-0.2, 0) is 11.2 Å². The SMILES string of the molecule is Cc1cccc(-c2nc(CC(=O)Nc3ccc4oc(C)nc4c3)cs2)c1. The Labute approximate surface area is 154 Å². The minimum absolute atomic E-state index is 0.106. The summed E-state index contributed by atoms with van der Waals surface area (Å²) in [6.07, 6.45) is 0.234. The number of aromatic nitrogens is 2. The number of carbonyl (C=O) groups is 1. The van der Waals surface area contributed by atoms with Crippen molar-refractivity contribution in [2.24, 2.45) is 0 Å². The summed E-state index contributed by atoms with van der Waals surface area (Å²) in [5.74, 6) is 0.500. The lowest BCUT2D eigenvalue weighted by Gasteiger charge is -2.03. The summed E-state index contributed by atoms with van der Waals surface area (Å²) in [5.41, 5.74) is 5.18. The Hall–Kier alpha value is -2.99. The summed E-state index contributed by atoms with van der Waals surface area (Å²) in [6, 6.07) is 13.6. The molecule has 4 aromatic rings. The molecule has 0 saturated carbocycles. The van der Waals surface area contributed by atoms with Crippen LogP contribution in [0.25, 0.3) is 21.7 Å². The molecule has 4 rings (SSSR count). The van der Waals surface area contributed by atoms with Crippen LogP contribution in [0.1, 0.15) is 17.1 Å². The third-order valence-corrected chi connectivity index (χ3v) is 4.88. The Morgan fingerprint density at radius 2 is 2.04 bits per heavy atom. The number of amides is 1. The fourth-order valence-corrected chi connectivity index (χ4v) is 3.61. The highest BCUT2D eigenvalue weighted by Crippen LogP contribution is 2.25. The molecule has 1 amide bonds. The van der Waals surface area contributed by atoms with Crippen molar-refractivity contribution in [3.05, 3.63) is 65.0 Å². The molecule has 0 saturated heterocycles. The van der Waals surface area contributed by atoms with Crippen LogP contribution in [-0.4, -0.2) is 15.9 Å². The van der Waals surface area contributed by atoms with Gasteiger partial charge in [-0.05, 0) is 31.2 Å². The molecule has 1 N–H and O–H groups in total. The van der Waals surface area contributed by atoms with E-state index in [0.717, 1.165) is 21.8 Å². The van der Waals surface area contributed by atoms with Gasteiger partial charge in [0.25, 0.3) is 0 Å². The van der Waals surface area contributed by atoms with Crippen LogP contribution < -0.4 is 5.32 Å². The van der Waals surface area contributed by atoms with Gasteiger partial charge in [0.2, 0.25) is 5.91 Å². The van der Waals surface area contributed by atoms with E-state index in [1.807, 2.05) is 35.7 Å². The Morgan fingerprint density at radius 1 is 1.15 bits per heavy atom. The third kappa shape index (κ3) is 3.50. The van der Waals surface area contributed by atoms with Crippen LogP contribution in [0.4, 0.5) is 5.69 Å². The predicted molar refractivity (Wildman–Crippen MR) is 103 cm³/mol. The first-order chi connectivity index (χ1) is 12.6. The van der Waals surface area contributed by atoms with Gasteiger partial charge >= 0.3 is 0 Å². The monoisotopic (exact) mass is 363 g/mol. The van der Waals surface area contributed by atoms with Gasteiger partial charge in [0.15, 0.2) is 11.5 Å². The number of hydrogen-bond donors (Lipinski definition) is 1. The number of anilines is 1. The molecular formula is C20H17N3O2S. The number of fused-ring (bicyclic) bond motifs is 1. The van der Waals surface area contributed by atoms with Gasteiger partial charge in [0.1, 0.15) is 10.5 Å². The van der Waals surface area contributed by atoms with Gasteiger partial charge < -0.3 is 9.73 Å². The summed E-state index contributed by atoms with van der Waals surface area (Å²) < 4.78 is 5.44. The average Bonchev–Trinajstić information content (AvgIpc) is 3.20. The zero-order valence-corrected chi connectivity index (χ0v) is 15.3. The Balaban J connectivity index is 1.46. The van der Waals surface area contributed by atoms with Gasteiger partial charge in [-0.15, -0.1) is 11.3 Å². The van der Waals surface area contributed by atoms with Crippen LogP contribution in [0.15, 0.2) is 52.3 Å². The molecule has 0 bridgehead atoms. The van der Waals surface area contributed by atoms with Crippen LogP contribution in [0.3, 0.4) is 0 Å². The lowest BCUT2D eigenvalue weighted by molar-refractivity contribution is -0.115. The number of rotatable bonds is 4. The molecule has 0 aliphatic rings. The maximum atomic E-state index is 12.3. The Kier molecular flexibility index (Phi) is 4.26. The van der Waals surface area contributed by atoms with E-state index in [-0.39, 0.29) is 12.3 Å². The normalized spacial score (nSPS) is 11.0. The number of benzene rings is 2. The molecule has 130 valence electrons. The molecule has 0 aliphatic carbocycles. The summed E-state index contributed by atoms with van der Waals surface area (Å²) in [6.45, 7) is 3.85. The van der Waals surface area contributed by atoms with E-state index in [1.165, 1.54) is 5.56 Å². The van der Waals surface area contributed by atoms with Gasteiger partial charge in [-0.2, -0.15) is 0 Å². The van der Waals surface area contributed by atoms with Crippen molar-refractivity contribution < 1.29 is 9.21 Å². The standard InChI is InChI=1S/C20H17N3O2S/c1-12-4-3-5-14(8-12)20-23-16(11-26-20)10-19(24)22-15-6-7-18-17(9-15)21-13(2)25-18/h3-9,11H,10H2,1-2H3,(H,22,24). The maximum Gasteiger partial charge on any atom is 0.230 e. The largest absolute Gasteiger partial charge is 0.441 e. The van der Waals surface area contributed by atoms with Gasteiger partial charge in [0.05, 0.1) is 12.1 Å². The van der Waals surface area contributed by atoms with Gasteiger partial charge in [-0.1, -0.05) is 23.8 Å². The van der Waals surface area contributed by atoms with Crippen molar-refractivity contribution >= 4 is 34.0 Å². The number of nitrogens with one attached hydrogen (secondary N) is 1. The zero-order valence-electron chi connectivity index (χ0n) is 14.4. The summed E-state index contributed by atoms with van der Waals surface area (Å²) in [7, 11) is 0. The first-order valence-corrected chi connectivity index (χ1v) is 9.13. The minimum atomic E-state index is -0.106. The fraction of sp³-hybridized carbons (Fsp3) is 0.150. The van der Waals surface area contributed by atoms with E-state index >= 15 is 0 Å². The number of thiazole rings is 1. The lowest BCUT2D eigenvalue weighted by atomic mass is 10.1. The molecule has 0 spiro atoms. The molecule has 2 aromatic carbocycles. The molecule has 0 fully saturated rings. The molecule has 5 nitrogen and oxygen atoms in total. The summed E-state index contributed by atoms with van der Waals surface area (Å²) >= 11 is 1.55. The van der Waals surface area contributed by atoms with E-state index < -0.39 is 0 Å². The number of nitrogens with zero attached hydrogens (tertiary/aromatic N) is 2. The van der Waals surface area contributed by atoms with Crippen LogP contribution >= 0.6 is 11.3 Å². The second-order valence-electron chi connectivity index (χ2n) is 6.15. The molecule has 0 aliphatic heterocycles. The number of oxazole rings is 1. The topological polar surface area (TPSA) is 68.0 Å². The highest BCUT2D eigenvalue weighted by atomic mass is 32.1. The first-order valence-electron chi connectivity index (χ1n) is 8.25. The van der Waals surface area contributed by atoms with Gasteiger partial charge in [0, 0.05) is 23.6 Å². The van der Waals surface area contributed by atoms with Crippen LogP contribution in [0.2, 0.25) is 0 Å². The lowest BCUT2D eigenvalue weighted by Crippen LogP contribution is -2.14. The first kappa shape index (κ1) is 16.5. The predicted octanol–water partition coefficient (Wildman–Crippen LogP) is 4.75. The molecule has 26 heavy (non-hydrogen) atoms. The fourth-order valence-electron chi connectivity index (χ4n) is 2.79. The van der Waals surface area contributed by atoms with E-state index in [2.05, 4.69) is 34.3 Å². The molecular weight excluding hydrogens is 346 g/mol. The van der Waals surface area contributed by atoms with Crippen LogP contribution in [0.5, 0.6) is 0 Å². The number of hydrogen-bond acceptors (Lipinski definition) is 5. The van der Waals surface area contributed by atoms with E-state index in [4.69, 9.17) is 4.42 Å². The summed E-state index contributed by atoms with van der Waals surface area (Å²) in [5, 5.41) is 5.75. The second kappa shape index (κ2) is 6.72. The Morgan fingerprint density at radius 3 is 2.88 bits per heavy atom. The van der Waals surface area contributed by atoms with Crippen molar-refractivity contribution in [2.45, 2.75) is 20.3 Å². The maximum absolute atomic E-state index is 12.3. The van der Waals surface area contributed by atoms with E-state index in [1.54, 1.807) is 18.3 Å². The van der Waals surface area contributed by atoms with Gasteiger partial charge in [-0.3, -0.25) is 4.79 Å². The van der Waals surface area contributed by atoms with Crippen LogP contribution in [0, 0.1) is 13.8 Å². The molecule has 2 aromatic heterocycles. The molecule has 2 heterocycles. The molecule has 0 radical (unpaired) electrons. The quantitative estimate of drug-likeness (QED) is 0.568. The van der Waals surface area contributed by atoms with Crippen molar-refractivity contribution in [2.75, 3.05) is 5.32 Å². The van der Waals surface area contributed by atoms with E-state index in [0.29, 0.717) is 17.2 Å². The second-order valence-corrected chi connectivity index (χ2v) is 7.01. The third-order valence-electron chi connectivity index (χ3n) is 3.94. The van der Waals surface area contributed by atoms with E-state index in [9.17, 15) is 4.79 Å². The highest BCUT2D eigenvalue weighted by Gasteiger charge is 2.11. The molecule has 0 unspecified atom stereocenters. The molecule has 6 heteroatoms. The minimum Gasteiger partial charge on any atom is -0.441 e. The van der Waals surface area contributed by atoms with Crippen molar-refractivity contribution in [1.82, 2.24) is 9.97 Å². The van der Waals surface area contributed by atoms with Crippen molar-refractivity contribution in [1.29, 1.82) is 0 Å². The van der Waals surface area contributed by atoms with Crippen molar-refractivity contribution in [3.63, 3.8) is 0 Å². The Bertz CT molecular complexity index is 1100. The zero-order chi connectivity index (χ0) is 18.1. The summed E-state index contributed by atoms with van der Waals surface area (Å²) in [4.78, 5) is 21.2. The number of carbonyl (C=O) groups excluding carboxylic acids is 1. The van der Waals surface area contributed by atoms with Crippen molar-refractivity contribution in [3.8, 4) is 10.6 Å². The highest BCUT2D eigenvalue weighted by molar-refractivity contribution is 7.13.